The summed E-state index contributed by atoms with van der Waals surface area (Å²) in [6, 6.07) is 10.5. The third kappa shape index (κ3) is 3.28. The monoisotopic (exact) mass is 325 g/mol. The van der Waals surface area contributed by atoms with Crippen LogP contribution < -0.4 is 4.74 Å². The predicted molar refractivity (Wildman–Crippen MR) is 90.8 cm³/mol. The van der Waals surface area contributed by atoms with Crippen molar-refractivity contribution in [1.82, 2.24) is 14.9 Å². The van der Waals surface area contributed by atoms with Crippen molar-refractivity contribution in [1.29, 1.82) is 0 Å². The number of nitrogens with zero attached hydrogens (tertiary/aromatic N) is 3. The quantitative estimate of drug-likeness (QED) is 0.865. The van der Waals surface area contributed by atoms with E-state index < -0.39 is 0 Å². The fourth-order valence-electron chi connectivity index (χ4n) is 3.80. The molecule has 0 bridgehead atoms. The minimum atomic E-state index is 0.104. The number of hydrogen-bond acceptors (Lipinski definition) is 5. The van der Waals surface area contributed by atoms with Gasteiger partial charge in [0.2, 0.25) is 0 Å². The largest absolute Gasteiger partial charge is 0.486 e. The summed E-state index contributed by atoms with van der Waals surface area (Å²) in [5.41, 5.74) is 2.20. The van der Waals surface area contributed by atoms with Crippen molar-refractivity contribution in [3.63, 3.8) is 0 Å². The van der Waals surface area contributed by atoms with E-state index in [1.54, 1.807) is 12.4 Å². The van der Waals surface area contributed by atoms with Crippen LogP contribution in [0.4, 0.5) is 0 Å². The Balaban J connectivity index is 1.44. The molecule has 0 N–H and O–H groups in total. The molecule has 4 rings (SSSR count). The lowest BCUT2D eigenvalue weighted by molar-refractivity contribution is -0.0919. The van der Waals surface area contributed by atoms with Crippen LogP contribution in [0.1, 0.15) is 24.2 Å². The minimum Gasteiger partial charge on any atom is -0.486 e. The standard InChI is InChI=1S/C19H23N3O2/c1-14-4-2-5-15(21-14)13-22-10-11-23-19-17(22)7-8-18(19)24-16-6-3-9-20-12-16/h2-6,9,12,17-19H,7-8,10-11,13H2,1H3/t17-,18-,19+/m0/s1. The molecule has 0 radical (unpaired) electrons. The molecule has 1 aliphatic heterocycles. The van der Waals surface area contributed by atoms with Gasteiger partial charge in [-0.15, -0.1) is 0 Å². The van der Waals surface area contributed by atoms with E-state index in [2.05, 4.69) is 27.0 Å². The smallest absolute Gasteiger partial charge is 0.138 e. The van der Waals surface area contributed by atoms with Gasteiger partial charge in [-0.1, -0.05) is 6.07 Å². The summed E-state index contributed by atoms with van der Waals surface area (Å²) in [6.07, 6.45) is 5.88. The lowest BCUT2D eigenvalue weighted by Gasteiger charge is -2.38. The summed E-state index contributed by atoms with van der Waals surface area (Å²) in [4.78, 5) is 11.3. The van der Waals surface area contributed by atoms with Crippen LogP contribution in [-0.4, -0.2) is 46.3 Å². The predicted octanol–water partition coefficient (Wildman–Crippen LogP) is 2.60. The van der Waals surface area contributed by atoms with Gasteiger partial charge in [-0.3, -0.25) is 14.9 Å². The van der Waals surface area contributed by atoms with Gasteiger partial charge in [0.25, 0.3) is 0 Å². The molecule has 126 valence electrons. The first-order valence-electron chi connectivity index (χ1n) is 8.64. The summed E-state index contributed by atoms with van der Waals surface area (Å²) in [7, 11) is 0. The average Bonchev–Trinajstić information content (AvgIpc) is 3.00. The molecular formula is C19H23N3O2. The molecule has 1 aliphatic carbocycles. The molecule has 3 heterocycles. The van der Waals surface area contributed by atoms with Crippen molar-refractivity contribution >= 4 is 0 Å². The number of fused-ring (bicyclic) bond motifs is 1. The lowest BCUT2D eigenvalue weighted by atomic mass is 10.1. The van der Waals surface area contributed by atoms with E-state index >= 15 is 0 Å². The summed E-state index contributed by atoms with van der Waals surface area (Å²) in [6.45, 7) is 4.63. The van der Waals surface area contributed by atoms with E-state index in [0.717, 1.165) is 49.7 Å². The SMILES string of the molecule is Cc1cccc(CN2CCO[C@H]3[C@@H](Oc4cccnc4)CC[C@@H]32)n1. The van der Waals surface area contributed by atoms with Crippen molar-refractivity contribution < 1.29 is 9.47 Å². The van der Waals surface area contributed by atoms with Gasteiger partial charge in [0, 0.05) is 31.0 Å². The van der Waals surface area contributed by atoms with Crippen molar-refractivity contribution in [2.45, 2.75) is 44.6 Å². The van der Waals surface area contributed by atoms with Crippen LogP contribution in [-0.2, 0) is 11.3 Å². The number of aryl methyl sites for hydroxylation is 1. The van der Waals surface area contributed by atoms with Crippen LogP contribution in [0.15, 0.2) is 42.7 Å². The van der Waals surface area contributed by atoms with Gasteiger partial charge in [-0.05, 0) is 44.0 Å². The molecule has 5 heteroatoms. The number of rotatable bonds is 4. The van der Waals surface area contributed by atoms with E-state index in [9.17, 15) is 0 Å². The van der Waals surface area contributed by atoms with Gasteiger partial charge in [0.15, 0.2) is 0 Å². The molecule has 0 aromatic carbocycles. The Morgan fingerprint density at radius 1 is 1.25 bits per heavy atom. The Bertz CT molecular complexity index is 679. The molecule has 5 nitrogen and oxygen atoms in total. The summed E-state index contributed by atoms with van der Waals surface area (Å²) in [5, 5.41) is 0. The highest BCUT2D eigenvalue weighted by Crippen LogP contribution is 2.33. The first kappa shape index (κ1) is 15.5. The molecule has 0 spiro atoms. The fraction of sp³-hybridized carbons (Fsp3) is 0.474. The van der Waals surface area contributed by atoms with Crippen molar-refractivity contribution in [2.75, 3.05) is 13.2 Å². The third-order valence-corrected chi connectivity index (χ3v) is 4.88. The van der Waals surface area contributed by atoms with E-state index in [4.69, 9.17) is 9.47 Å². The number of pyridine rings is 2. The molecule has 1 saturated carbocycles. The molecule has 2 aromatic rings. The van der Waals surface area contributed by atoms with Gasteiger partial charge in [0.05, 0.1) is 18.5 Å². The molecular weight excluding hydrogens is 302 g/mol. The first-order chi connectivity index (χ1) is 11.8. The Morgan fingerprint density at radius 3 is 3.04 bits per heavy atom. The second-order valence-electron chi connectivity index (χ2n) is 6.57. The molecule has 0 unspecified atom stereocenters. The highest BCUT2D eigenvalue weighted by molar-refractivity contribution is 5.17. The molecule has 1 saturated heterocycles. The van der Waals surface area contributed by atoms with Crippen LogP contribution in [0.2, 0.25) is 0 Å². The Morgan fingerprint density at radius 2 is 2.21 bits per heavy atom. The lowest BCUT2D eigenvalue weighted by Crippen LogP contribution is -2.51. The fourth-order valence-corrected chi connectivity index (χ4v) is 3.80. The maximum absolute atomic E-state index is 6.13. The topological polar surface area (TPSA) is 47.5 Å². The van der Waals surface area contributed by atoms with Gasteiger partial charge in [0.1, 0.15) is 18.0 Å². The number of morpholine rings is 1. The summed E-state index contributed by atoms with van der Waals surface area (Å²) < 4.78 is 12.2. The van der Waals surface area contributed by atoms with Crippen LogP contribution in [0.5, 0.6) is 5.75 Å². The maximum Gasteiger partial charge on any atom is 0.138 e. The van der Waals surface area contributed by atoms with Crippen LogP contribution in [0, 0.1) is 6.92 Å². The summed E-state index contributed by atoms with van der Waals surface area (Å²) >= 11 is 0. The van der Waals surface area contributed by atoms with Crippen LogP contribution in [0.3, 0.4) is 0 Å². The minimum absolute atomic E-state index is 0.104. The second kappa shape index (κ2) is 6.87. The molecule has 2 aromatic heterocycles. The Kier molecular flexibility index (Phi) is 4.45. The van der Waals surface area contributed by atoms with Crippen molar-refractivity contribution in [3.8, 4) is 5.75 Å². The van der Waals surface area contributed by atoms with Gasteiger partial charge < -0.3 is 9.47 Å². The number of hydrogen-bond donors (Lipinski definition) is 0. The zero-order valence-electron chi connectivity index (χ0n) is 14.0. The van der Waals surface area contributed by atoms with Gasteiger partial charge in [-0.2, -0.15) is 0 Å². The highest BCUT2D eigenvalue weighted by atomic mass is 16.5. The second-order valence-corrected chi connectivity index (χ2v) is 6.57. The zero-order chi connectivity index (χ0) is 16.4. The number of ether oxygens (including phenoxy) is 2. The molecule has 0 amide bonds. The van der Waals surface area contributed by atoms with E-state index in [1.165, 1.54) is 0 Å². The normalized spacial score (nSPS) is 27.0. The Labute approximate surface area is 142 Å². The molecule has 2 fully saturated rings. The number of aromatic nitrogens is 2. The van der Waals surface area contributed by atoms with E-state index in [-0.39, 0.29) is 12.2 Å². The Hall–Kier alpha value is -1.98. The van der Waals surface area contributed by atoms with Gasteiger partial charge >= 0.3 is 0 Å². The van der Waals surface area contributed by atoms with Gasteiger partial charge in [-0.25, -0.2) is 0 Å². The third-order valence-electron chi connectivity index (χ3n) is 4.88. The van der Waals surface area contributed by atoms with E-state index in [1.807, 2.05) is 25.1 Å². The van der Waals surface area contributed by atoms with Crippen LogP contribution >= 0.6 is 0 Å². The zero-order valence-corrected chi connectivity index (χ0v) is 14.0. The van der Waals surface area contributed by atoms with Crippen molar-refractivity contribution in [3.05, 3.63) is 54.1 Å². The van der Waals surface area contributed by atoms with E-state index in [0.29, 0.717) is 6.04 Å². The van der Waals surface area contributed by atoms with Crippen LogP contribution in [0.25, 0.3) is 0 Å². The maximum atomic E-state index is 6.13. The molecule has 24 heavy (non-hydrogen) atoms. The van der Waals surface area contributed by atoms with Crippen molar-refractivity contribution in [2.24, 2.45) is 0 Å². The highest BCUT2D eigenvalue weighted by Gasteiger charge is 2.44. The molecule has 3 atom stereocenters. The first-order valence-corrected chi connectivity index (χ1v) is 8.64. The average molecular weight is 325 g/mol. The summed E-state index contributed by atoms with van der Waals surface area (Å²) in [5.74, 6) is 0.823. The molecule has 2 aliphatic rings.